The Hall–Kier alpha value is -2.92. The summed E-state index contributed by atoms with van der Waals surface area (Å²) in [4.78, 5) is 24.0. The van der Waals surface area contributed by atoms with E-state index in [2.05, 4.69) is 10.4 Å². The maximum absolute atomic E-state index is 12.9. The van der Waals surface area contributed by atoms with E-state index in [4.69, 9.17) is 10.8 Å². The van der Waals surface area contributed by atoms with Crippen molar-refractivity contribution >= 4 is 38.2 Å². The summed E-state index contributed by atoms with van der Waals surface area (Å²) in [7, 11) is 0. The van der Waals surface area contributed by atoms with E-state index < -0.39 is 42.4 Å². The number of fused-ring (bicyclic) bond motifs is 1. The van der Waals surface area contributed by atoms with Gasteiger partial charge in [0.05, 0.1) is 12.2 Å². The van der Waals surface area contributed by atoms with Crippen LogP contribution in [0.3, 0.4) is 0 Å². The molecule has 3 rings (SSSR count). The van der Waals surface area contributed by atoms with Gasteiger partial charge in [-0.05, 0) is 6.07 Å². The van der Waals surface area contributed by atoms with E-state index in [1.807, 2.05) is 0 Å². The summed E-state index contributed by atoms with van der Waals surface area (Å²) in [6.07, 6.45) is -3.80. The second-order valence-corrected chi connectivity index (χ2v) is 6.62. The van der Waals surface area contributed by atoms with Crippen LogP contribution in [0.25, 0.3) is 10.1 Å². The van der Waals surface area contributed by atoms with E-state index in [-0.39, 0.29) is 10.6 Å². The molecule has 11 heteroatoms. The van der Waals surface area contributed by atoms with Gasteiger partial charge in [0.15, 0.2) is 5.69 Å². The minimum absolute atomic E-state index is 0.136. The minimum Gasteiger partial charge on any atom is -0.392 e. The number of benzene rings is 1. The molecule has 3 aromatic rings. The third-order valence-electron chi connectivity index (χ3n) is 3.68. The van der Waals surface area contributed by atoms with Gasteiger partial charge in [-0.1, -0.05) is 18.2 Å². The molecule has 0 bridgehead atoms. The molecule has 1 aromatic carbocycles. The van der Waals surface area contributed by atoms with E-state index in [0.717, 1.165) is 26.9 Å². The van der Waals surface area contributed by atoms with Gasteiger partial charge in [0.2, 0.25) is 5.91 Å². The third-order valence-corrected chi connectivity index (χ3v) is 4.76. The Morgan fingerprint density at radius 2 is 2.00 bits per heavy atom. The largest absolute Gasteiger partial charge is 0.435 e. The smallest absolute Gasteiger partial charge is 0.392 e. The lowest BCUT2D eigenvalue weighted by molar-refractivity contribution is -0.142. The van der Waals surface area contributed by atoms with Crippen LogP contribution in [0.1, 0.15) is 21.6 Å². The van der Waals surface area contributed by atoms with Gasteiger partial charge in [0.25, 0.3) is 5.91 Å². The van der Waals surface area contributed by atoms with Gasteiger partial charge in [0.1, 0.15) is 11.5 Å². The number of carbonyl (C=O) groups is 2. The first-order valence-electron chi connectivity index (χ1n) is 7.56. The zero-order chi connectivity index (χ0) is 19.8. The van der Waals surface area contributed by atoms with Gasteiger partial charge in [0, 0.05) is 21.8 Å². The van der Waals surface area contributed by atoms with Crippen molar-refractivity contribution in [1.29, 1.82) is 0 Å². The number of halogens is 3. The first kappa shape index (κ1) is 18.9. The summed E-state index contributed by atoms with van der Waals surface area (Å²) < 4.78 is 40.1. The van der Waals surface area contributed by atoms with Gasteiger partial charge in [-0.2, -0.15) is 18.3 Å². The summed E-state index contributed by atoms with van der Waals surface area (Å²) in [5.41, 5.74) is 3.84. The molecule has 0 aliphatic carbocycles. The van der Waals surface area contributed by atoms with Crippen molar-refractivity contribution < 1.29 is 27.9 Å². The van der Waals surface area contributed by atoms with Crippen molar-refractivity contribution in [2.24, 2.45) is 5.73 Å². The number of carbonyl (C=O) groups excluding carboxylic acids is 2. The number of aliphatic hydroxyl groups is 1. The van der Waals surface area contributed by atoms with Gasteiger partial charge >= 0.3 is 6.18 Å². The van der Waals surface area contributed by atoms with Crippen molar-refractivity contribution in [2.75, 3.05) is 5.32 Å². The zero-order valence-corrected chi connectivity index (χ0v) is 14.4. The predicted molar refractivity (Wildman–Crippen MR) is 92.1 cm³/mol. The Morgan fingerprint density at radius 3 is 2.59 bits per heavy atom. The average molecular weight is 398 g/mol. The lowest BCUT2D eigenvalue weighted by atomic mass is 10.1. The standard InChI is InChI=1S/C16H13F3N4O3S/c17-16(18,19)13-8(7-24)5-23(22-13)6-11(25)21-15-12(14(20)26)9-3-1-2-4-10(9)27-15/h1-5,24H,6-7H2,(H2,20,26)(H,21,25). The molecule has 0 saturated heterocycles. The maximum atomic E-state index is 12.9. The second kappa shape index (κ2) is 7.00. The van der Waals surface area contributed by atoms with Crippen LogP contribution in [0.5, 0.6) is 0 Å². The third kappa shape index (κ3) is 3.78. The Kier molecular flexibility index (Phi) is 4.89. The number of primary amides is 1. The number of nitrogens with two attached hydrogens (primary N) is 1. The summed E-state index contributed by atoms with van der Waals surface area (Å²) in [6.45, 7) is -1.39. The van der Waals surface area contributed by atoms with Gasteiger partial charge < -0.3 is 16.2 Å². The van der Waals surface area contributed by atoms with E-state index in [1.54, 1.807) is 24.3 Å². The highest BCUT2D eigenvalue weighted by molar-refractivity contribution is 7.23. The molecule has 0 spiro atoms. The maximum Gasteiger partial charge on any atom is 0.435 e. The highest BCUT2D eigenvalue weighted by atomic mass is 32.1. The van der Waals surface area contributed by atoms with Crippen LogP contribution in [0.4, 0.5) is 18.2 Å². The number of hydrogen-bond acceptors (Lipinski definition) is 5. The van der Waals surface area contributed by atoms with Crippen molar-refractivity contribution in [2.45, 2.75) is 19.3 Å². The molecule has 2 amide bonds. The lowest BCUT2D eigenvalue weighted by Gasteiger charge is -2.05. The molecule has 2 heterocycles. The molecule has 0 radical (unpaired) electrons. The first-order valence-corrected chi connectivity index (χ1v) is 8.38. The van der Waals surface area contributed by atoms with Crippen LogP contribution in [0.15, 0.2) is 30.5 Å². The molecule has 0 atom stereocenters. The van der Waals surface area contributed by atoms with Crippen molar-refractivity contribution in [3.63, 3.8) is 0 Å². The second-order valence-electron chi connectivity index (χ2n) is 5.57. The quantitative estimate of drug-likeness (QED) is 0.613. The molecule has 2 aromatic heterocycles. The number of hydrogen-bond donors (Lipinski definition) is 3. The fraction of sp³-hybridized carbons (Fsp3) is 0.188. The molecular formula is C16H13F3N4O3S. The number of aliphatic hydroxyl groups excluding tert-OH is 1. The Morgan fingerprint density at radius 1 is 1.30 bits per heavy atom. The average Bonchev–Trinajstić information content (AvgIpc) is 3.14. The van der Waals surface area contributed by atoms with Crippen LogP contribution in [-0.4, -0.2) is 26.7 Å². The monoisotopic (exact) mass is 398 g/mol. The number of thiophene rings is 1. The Bertz CT molecular complexity index is 1030. The Labute approximate surface area is 154 Å². The molecule has 27 heavy (non-hydrogen) atoms. The molecule has 0 unspecified atom stereocenters. The zero-order valence-electron chi connectivity index (χ0n) is 13.6. The van der Waals surface area contributed by atoms with E-state index >= 15 is 0 Å². The number of amides is 2. The van der Waals surface area contributed by atoms with Gasteiger partial charge in [-0.25, -0.2) is 0 Å². The molecule has 0 aliphatic rings. The van der Waals surface area contributed by atoms with Crippen LogP contribution in [0.2, 0.25) is 0 Å². The van der Waals surface area contributed by atoms with E-state index in [9.17, 15) is 22.8 Å². The molecule has 0 saturated carbocycles. The molecule has 0 fully saturated rings. The number of nitrogens with zero attached hydrogens (tertiary/aromatic N) is 2. The molecular weight excluding hydrogens is 385 g/mol. The van der Waals surface area contributed by atoms with E-state index in [1.165, 1.54) is 0 Å². The van der Waals surface area contributed by atoms with E-state index in [0.29, 0.717) is 5.39 Å². The number of anilines is 1. The summed E-state index contributed by atoms with van der Waals surface area (Å²) in [5.74, 6) is -1.42. The molecule has 7 nitrogen and oxygen atoms in total. The molecule has 142 valence electrons. The molecule has 4 N–H and O–H groups in total. The number of aromatic nitrogens is 2. The fourth-order valence-corrected chi connectivity index (χ4v) is 3.71. The minimum atomic E-state index is -4.75. The SMILES string of the molecule is NC(=O)c1c(NC(=O)Cn2cc(CO)c(C(F)(F)F)n2)sc2ccccc12. The van der Waals surface area contributed by atoms with Crippen LogP contribution < -0.4 is 11.1 Å². The topological polar surface area (TPSA) is 110 Å². The fourth-order valence-electron chi connectivity index (χ4n) is 2.59. The number of alkyl halides is 3. The van der Waals surface area contributed by atoms with Crippen LogP contribution in [-0.2, 0) is 24.1 Å². The summed E-state index contributed by atoms with van der Waals surface area (Å²) in [5, 5.41) is 15.6. The van der Waals surface area contributed by atoms with Gasteiger partial charge in [-0.3, -0.25) is 14.3 Å². The van der Waals surface area contributed by atoms with Crippen molar-refractivity contribution in [1.82, 2.24) is 9.78 Å². The molecule has 0 aliphatic heterocycles. The van der Waals surface area contributed by atoms with Crippen molar-refractivity contribution in [3.05, 3.63) is 47.3 Å². The first-order chi connectivity index (χ1) is 12.7. The highest BCUT2D eigenvalue weighted by Gasteiger charge is 2.37. The Balaban J connectivity index is 1.85. The highest BCUT2D eigenvalue weighted by Crippen LogP contribution is 2.35. The van der Waals surface area contributed by atoms with Crippen LogP contribution >= 0.6 is 11.3 Å². The normalized spacial score (nSPS) is 11.7. The van der Waals surface area contributed by atoms with Gasteiger partial charge in [-0.15, -0.1) is 11.3 Å². The predicted octanol–water partition coefficient (Wildman–Crippen LogP) is 2.35. The number of rotatable bonds is 5. The van der Waals surface area contributed by atoms with Crippen molar-refractivity contribution in [3.8, 4) is 0 Å². The lowest BCUT2D eigenvalue weighted by Crippen LogP contribution is -2.21. The summed E-state index contributed by atoms with van der Waals surface area (Å²) >= 11 is 1.13. The van der Waals surface area contributed by atoms with Crippen LogP contribution in [0, 0.1) is 0 Å². The number of nitrogens with one attached hydrogen (secondary N) is 1. The summed E-state index contributed by atoms with van der Waals surface area (Å²) in [6, 6.07) is 6.90.